The Morgan fingerprint density at radius 2 is 2.18 bits per heavy atom. The Kier molecular flexibility index (Phi) is 4.83. The maximum atomic E-state index is 13.5. The minimum absolute atomic E-state index is 0.209. The lowest BCUT2D eigenvalue weighted by atomic mass is 10.1. The van der Waals surface area contributed by atoms with Crippen LogP contribution < -0.4 is 4.74 Å². The Hall–Kier alpha value is -0.740. The fraction of sp³-hybridized carbons (Fsp3) is 0.417. The van der Waals surface area contributed by atoms with Crippen molar-refractivity contribution in [2.75, 3.05) is 7.11 Å². The van der Waals surface area contributed by atoms with E-state index < -0.39 is 11.1 Å². The monoisotopic (exact) mass is 276 g/mol. The van der Waals surface area contributed by atoms with Gasteiger partial charge in [-0.1, -0.05) is 0 Å². The van der Waals surface area contributed by atoms with Crippen LogP contribution >= 0.6 is 23.4 Å². The molecule has 0 saturated heterocycles. The van der Waals surface area contributed by atoms with Gasteiger partial charge in [0.25, 0.3) is 0 Å². The molecule has 0 N–H and O–H groups in total. The van der Waals surface area contributed by atoms with Crippen molar-refractivity contribution in [1.29, 1.82) is 0 Å². The van der Waals surface area contributed by atoms with E-state index in [4.69, 9.17) is 16.3 Å². The molecule has 0 aliphatic rings. The van der Waals surface area contributed by atoms with Crippen LogP contribution in [0, 0.1) is 5.82 Å². The quantitative estimate of drug-likeness (QED) is 0.603. The van der Waals surface area contributed by atoms with E-state index in [1.807, 2.05) is 13.8 Å². The molecule has 0 aromatic heterocycles. The minimum atomic E-state index is -0.412. The zero-order chi connectivity index (χ0) is 13.1. The number of benzene rings is 1. The molecular weight excluding hydrogens is 263 g/mol. The van der Waals surface area contributed by atoms with Crippen LogP contribution in [0.4, 0.5) is 4.39 Å². The summed E-state index contributed by atoms with van der Waals surface area (Å²) in [5, 5.41) is -0.392. The van der Waals surface area contributed by atoms with Crippen LogP contribution in [0.15, 0.2) is 23.1 Å². The first-order chi connectivity index (χ1) is 7.84. The molecular formula is C12H14ClFO2S. The molecule has 5 heteroatoms. The summed E-state index contributed by atoms with van der Waals surface area (Å²) < 4.78 is 17.9. The van der Waals surface area contributed by atoms with E-state index in [1.165, 1.54) is 24.9 Å². The van der Waals surface area contributed by atoms with Crippen molar-refractivity contribution in [3.05, 3.63) is 24.0 Å². The number of carbonyl (C=O) groups is 1. The maximum absolute atomic E-state index is 13.5. The Morgan fingerprint density at radius 1 is 1.53 bits per heavy atom. The van der Waals surface area contributed by atoms with Gasteiger partial charge in [-0.25, -0.2) is 4.39 Å². The van der Waals surface area contributed by atoms with Gasteiger partial charge in [0, 0.05) is 16.1 Å². The summed E-state index contributed by atoms with van der Waals surface area (Å²) >= 11 is 6.77. The molecule has 0 radical (unpaired) electrons. The molecule has 0 saturated carbocycles. The Balaban J connectivity index is 2.81. The van der Waals surface area contributed by atoms with E-state index in [2.05, 4.69) is 0 Å². The highest BCUT2D eigenvalue weighted by atomic mass is 35.5. The summed E-state index contributed by atoms with van der Waals surface area (Å²) in [4.78, 5) is 11.6. The van der Waals surface area contributed by atoms with Crippen molar-refractivity contribution in [3.63, 3.8) is 0 Å². The number of methoxy groups -OCH3 is 1. The number of thioether (sulfide) groups is 1. The molecule has 1 aromatic rings. The second-order valence-electron chi connectivity index (χ2n) is 4.19. The van der Waals surface area contributed by atoms with Gasteiger partial charge in [0.2, 0.25) is 5.24 Å². The number of ether oxygens (including phenoxy) is 1. The first-order valence-corrected chi connectivity index (χ1v) is 6.24. The molecule has 0 spiro atoms. The second-order valence-corrected chi connectivity index (χ2v) is 6.39. The van der Waals surface area contributed by atoms with Crippen molar-refractivity contribution in [2.24, 2.45) is 0 Å². The molecule has 0 aliphatic heterocycles. The Morgan fingerprint density at radius 3 is 2.65 bits per heavy atom. The highest BCUT2D eigenvalue weighted by molar-refractivity contribution is 8.00. The summed E-state index contributed by atoms with van der Waals surface area (Å²) in [5.74, 6) is -0.203. The zero-order valence-electron chi connectivity index (χ0n) is 9.92. The third-order valence-corrected chi connectivity index (χ3v) is 3.40. The highest BCUT2D eigenvalue weighted by Gasteiger charge is 2.23. The normalized spacial score (nSPS) is 11.4. The van der Waals surface area contributed by atoms with Crippen molar-refractivity contribution < 1.29 is 13.9 Å². The molecule has 0 bridgehead atoms. The van der Waals surface area contributed by atoms with Gasteiger partial charge < -0.3 is 4.74 Å². The van der Waals surface area contributed by atoms with Gasteiger partial charge in [0.05, 0.1) is 7.11 Å². The van der Waals surface area contributed by atoms with Gasteiger partial charge >= 0.3 is 0 Å². The average Bonchev–Trinajstić information content (AvgIpc) is 2.14. The van der Waals surface area contributed by atoms with Gasteiger partial charge in [-0.3, -0.25) is 4.79 Å². The molecule has 0 heterocycles. The first kappa shape index (κ1) is 14.3. The van der Waals surface area contributed by atoms with E-state index in [-0.39, 0.29) is 16.9 Å². The third-order valence-electron chi connectivity index (χ3n) is 2.08. The highest BCUT2D eigenvalue weighted by Crippen LogP contribution is 2.36. The summed E-state index contributed by atoms with van der Waals surface area (Å²) in [7, 11) is 1.42. The molecule has 17 heavy (non-hydrogen) atoms. The molecule has 1 rings (SSSR count). The van der Waals surface area contributed by atoms with Gasteiger partial charge in [-0.15, -0.1) is 11.8 Å². The van der Waals surface area contributed by atoms with E-state index in [0.717, 1.165) is 4.90 Å². The molecule has 1 aromatic carbocycles. The van der Waals surface area contributed by atoms with Gasteiger partial charge in [0.1, 0.15) is 0 Å². The minimum Gasteiger partial charge on any atom is -0.494 e. The largest absolute Gasteiger partial charge is 0.494 e. The summed E-state index contributed by atoms with van der Waals surface area (Å²) in [6.45, 7) is 3.78. The molecule has 94 valence electrons. The van der Waals surface area contributed by atoms with Crippen LogP contribution in [0.1, 0.15) is 20.3 Å². The topological polar surface area (TPSA) is 26.3 Å². The molecule has 0 fully saturated rings. The zero-order valence-corrected chi connectivity index (χ0v) is 11.5. The Labute approximate surface area is 109 Å². The molecule has 0 atom stereocenters. The van der Waals surface area contributed by atoms with Crippen LogP contribution in [0.5, 0.6) is 5.75 Å². The predicted octanol–water partition coefficient (Wildman–Crippen LogP) is 3.86. The lowest BCUT2D eigenvalue weighted by Crippen LogP contribution is -2.17. The number of hydrogen-bond donors (Lipinski definition) is 0. The second kappa shape index (κ2) is 5.74. The lowest BCUT2D eigenvalue weighted by molar-refractivity contribution is -0.112. The standard InChI is InChI=1S/C12H14ClFO2S/c1-12(2,7-11(13)15)17-8-4-5-10(16-3)9(14)6-8/h4-6H,7H2,1-3H3. The van der Waals surface area contributed by atoms with E-state index in [0.29, 0.717) is 0 Å². The molecule has 2 nitrogen and oxygen atoms in total. The van der Waals surface area contributed by atoms with Crippen LogP contribution in [0.25, 0.3) is 0 Å². The number of carbonyl (C=O) groups excluding carboxylic acids is 1. The number of halogens is 2. The van der Waals surface area contributed by atoms with Gasteiger partial charge in [-0.05, 0) is 43.6 Å². The van der Waals surface area contributed by atoms with E-state index in [9.17, 15) is 9.18 Å². The smallest absolute Gasteiger partial charge is 0.223 e. The molecule has 0 amide bonds. The number of hydrogen-bond acceptors (Lipinski definition) is 3. The Bertz CT molecular complexity index is 421. The first-order valence-electron chi connectivity index (χ1n) is 5.05. The fourth-order valence-corrected chi connectivity index (χ4v) is 2.95. The van der Waals surface area contributed by atoms with E-state index in [1.54, 1.807) is 12.1 Å². The van der Waals surface area contributed by atoms with E-state index >= 15 is 0 Å². The van der Waals surface area contributed by atoms with Crippen molar-refractivity contribution >= 4 is 28.6 Å². The number of rotatable bonds is 5. The lowest BCUT2D eigenvalue weighted by Gasteiger charge is -2.22. The SMILES string of the molecule is COc1ccc(SC(C)(C)CC(=O)Cl)cc1F. The van der Waals surface area contributed by atoms with Crippen LogP contribution in [-0.2, 0) is 4.79 Å². The van der Waals surface area contributed by atoms with Crippen molar-refractivity contribution in [1.82, 2.24) is 0 Å². The van der Waals surface area contributed by atoms with Crippen molar-refractivity contribution in [3.8, 4) is 5.75 Å². The summed E-state index contributed by atoms with van der Waals surface area (Å²) in [5.41, 5.74) is 0. The molecule has 0 unspecified atom stereocenters. The van der Waals surface area contributed by atoms with Gasteiger partial charge in [-0.2, -0.15) is 0 Å². The molecule has 0 aliphatic carbocycles. The predicted molar refractivity (Wildman–Crippen MR) is 68.4 cm³/mol. The summed E-state index contributed by atoms with van der Waals surface area (Å²) in [6, 6.07) is 4.72. The maximum Gasteiger partial charge on any atom is 0.223 e. The van der Waals surface area contributed by atoms with Crippen LogP contribution in [0.3, 0.4) is 0 Å². The average molecular weight is 277 g/mol. The van der Waals surface area contributed by atoms with Gasteiger partial charge in [0.15, 0.2) is 11.6 Å². The van der Waals surface area contributed by atoms with Crippen LogP contribution in [0.2, 0.25) is 0 Å². The summed E-state index contributed by atoms with van der Waals surface area (Å²) in [6.07, 6.45) is 0.229. The third kappa shape index (κ3) is 4.56. The fourth-order valence-electron chi connectivity index (χ4n) is 1.40. The van der Waals surface area contributed by atoms with Crippen LogP contribution in [-0.4, -0.2) is 17.1 Å². The van der Waals surface area contributed by atoms with Crippen molar-refractivity contribution in [2.45, 2.75) is 29.9 Å².